The zero-order valence-corrected chi connectivity index (χ0v) is 23.3. The summed E-state index contributed by atoms with van der Waals surface area (Å²) < 4.78 is 90.7. The van der Waals surface area contributed by atoms with Gasteiger partial charge in [-0.3, -0.25) is 4.90 Å². The van der Waals surface area contributed by atoms with Gasteiger partial charge in [0.25, 0.3) is 6.43 Å². The van der Waals surface area contributed by atoms with Crippen LogP contribution >= 0.6 is 0 Å². The molecule has 8 nitrogen and oxygen atoms in total. The van der Waals surface area contributed by atoms with Crippen LogP contribution in [0.25, 0.3) is 0 Å². The first-order valence-corrected chi connectivity index (χ1v) is 13.7. The summed E-state index contributed by atoms with van der Waals surface area (Å²) in [6.45, 7) is 2.81. The summed E-state index contributed by atoms with van der Waals surface area (Å²) in [7, 11) is 0. The highest BCUT2D eigenvalue weighted by molar-refractivity contribution is 5.73. The third-order valence-corrected chi connectivity index (χ3v) is 6.92. The first-order chi connectivity index (χ1) is 20.9. The number of nitrogens with one attached hydrogen (secondary N) is 1. The minimum Gasteiger partial charge on any atom is -0.487 e. The van der Waals surface area contributed by atoms with E-state index < -0.39 is 36.8 Å². The second-order valence-electron chi connectivity index (χ2n) is 10.2. The number of carboxylic acid groups (broad SMARTS) is 1. The number of anilines is 2. The molecule has 44 heavy (non-hydrogen) atoms. The third kappa shape index (κ3) is 9.18. The van der Waals surface area contributed by atoms with Crippen molar-refractivity contribution >= 4 is 17.6 Å². The molecular formula is C29H30F7N5O3. The number of carbonyl (C=O) groups is 1. The Labute approximate surface area is 248 Å². The lowest BCUT2D eigenvalue weighted by Gasteiger charge is -2.35. The van der Waals surface area contributed by atoms with E-state index in [1.807, 2.05) is 23.1 Å². The fourth-order valence-electron chi connectivity index (χ4n) is 4.80. The Bertz CT molecular complexity index is 1400. The van der Waals surface area contributed by atoms with Crippen LogP contribution in [0.5, 0.6) is 5.75 Å². The van der Waals surface area contributed by atoms with Crippen molar-refractivity contribution in [1.29, 1.82) is 0 Å². The minimum absolute atomic E-state index is 0.0196. The van der Waals surface area contributed by atoms with Gasteiger partial charge in [-0.2, -0.15) is 13.2 Å². The van der Waals surface area contributed by atoms with Gasteiger partial charge in [-0.15, -0.1) is 0 Å². The number of aliphatic carboxylic acids is 1. The topological polar surface area (TPSA) is 90.8 Å². The maximum atomic E-state index is 14.0. The fraction of sp³-hybridized carbons (Fsp3) is 0.414. The number of halogens is 7. The lowest BCUT2D eigenvalue weighted by molar-refractivity contribution is -0.192. The molecule has 3 aromatic rings. The summed E-state index contributed by atoms with van der Waals surface area (Å²) in [4.78, 5) is 22.8. The second-order valence-corrected chi connectivity index (χ2v) is 10.2. The van der Waals surface area contributed by atoms with E-state index in [2.05, 4.69) is 22.3 Å². The molecule has 0 bridgehead atoms. The highest BCUT2D eigenvalue weighted by Crippen LogP contribution is 2.31. The number of benzene rings is 2. The van der Waals surface area contributed by atoms with Crippen molar-refractivity contribution in [2.24, 2.45) is 0 Å². The zero-order chi connectivity index (χ0) is 31.9. The average molecular weight is 630 g/mol. The molecule has 0 spiro atoms. The molecule has 2 N–H and O–H groups in total. The predicted octanol–water partition coefficient (Wildman–Crippen LogP) is 5.67. The number of hydrogen-bond donors (Lipinski definition) is 2. The highest BCUT2D eigenvalue weighted by atomic mass is 19.4. The third-order valence-electron chi connectivity index (χ3n) is 6.92. The maximum Gasteiger partial charge on any atom is 0.490 e. The monoisotopic (exact) mass is 629 g/mol. The van der Waals surface area contributed by atoms with Gasteiger partial charge in [0.2, 0.25) is 0 Å². The van der Waals surface area contributed by atoms with E-state index in [1.54, 1.807) is 0 Å². The number of ether oxygens (including phenoxy) is 1. The molecule has 0 atom stereocenters. The molecule has 1 saturated heterocycles. The summed E-state index contributed by atoms with van der Waals surface area (Å²) in [5.74, 6) is -3.22. The number of piperidine rings is 1. The van der Waals surface area contributed by atoms with Crippen LogP contribution in [0.15, 0.2) is 48.5 Å². The number of aromatic nitrogens is 2. The quantitative estimate of drug-likeness (QED) is 0.308. The Morgan fingerprint density at radius 1 is 1.02 bits per heavy atom. The van der Waals surface area contributed by atoms with Gasteiger partial charge in [0, 0.05) is 58.1 Å². The van der Waals surface area contributed by atoms with E-state index >= 15 is 0 Å². The summed E-state index contributed by atoms with van der Waals surface area (Å²) in [6.07, 6.45) is -6.01. The highest BCUT2D eigenvalue weighted by Gasteiger charge is 2.38. The lowest BCUT2D eigenvalue weighted by Crippen LogP contribution is -2.40. The number of rotatable bonds is 8. The molecule has 0 amide bonds. The van der Waals surface area contributed by atoms with Crippen LogP contribution in [0.3, 0.4) is 0 Å². The summed E-state index contributed by atoms with van der Waals surface area (Å²) in [5.41, 5.74) is 2.90. The summed E-state index contributed by atoms with van der Waals surface area (Å²) in [6, 6.07) is 13.5. The van der Waals surface area contributed by atoms with Crippen LogP contribution < -0.4 is 15.0 Å². The molecule has 0 aliphatic carbocycles. The van der Waals surface area contributed by atoms with Crippen molar-refractivity contribution in [2.45, 2.75) is 51.1 Å². The van der Waals surface area contributed by atoms with Crippen molar-refractivity contribution in [3.05, 3.63) is 77.1 Å². The molecule has 1 fully saturated rings. The Kier molecular flexibility index (Phi) is 10.8. The summed E-state index contributed by atoms with van der Waals surface area (Å²) in [5, 5.41) is 9.90. The van der Waals surface area contributed by atoms with Crippen LogP contribution in [-0.4, -0.2) is 70.8 Å². The van der Waals surface area contributed by atoms with E-state index in [-0.39, 0.29) is 11.9 Å². The van der Waals surface area contributed by atoms with Crippen molar-refractivity contribution in [3.63, 3.8) is 0 Å². The normalized spacial score (nSPS) is 15.8. The number of hydrogen-bond acceptors (Lipinski definition) is 7. The van der Waals surface area contributed by atoms with E-state index in [1.165, 1.54) is 11.6 Å². The first-order valence-electron chi connectivity index (χ1n) is 13.7. The van der Waals surface area contributed by atoms with Crippen LogP contribution in [0.1, 0.15) is 29.8 Å². The zero-order valence-electron chi connectivity index (χ0n) is 23.3. The standard InChI is InChI=1S/C27H29F4N5O.C2HF3O2/c28-19-6-7-24(21(29)14-19)37-20-8-12-36(13-9-20)27-26(32-15-25(30)31)33-22-10-11-35(17-23(22)34-27)16-18-4-2-1-3-5-18;3-2(4,5)1(6)7/h1-7,14,20,25H,8-13,15-17H2,(H,32,33);(H,6,7). The average Bonchev–Trinajstić information content (AvgIpc) is 2.98. The number of nitrogens with zero attached hydrogens (tertiary/aromatic N) is 4. The van der Waals surface area contributed by atoms with Gasteiger partial charge in [-0.05, 0) is 17.7 Å². The molecule has 2 aliphatic rings. The van der Waals surface area contributed by atoms with Gasteiger partial charge in [-0.1, -0.05) is 30.3 Å². The number of fused-ring (bicyclic) bond motifs is 1. The fourth-order valence-corrected chi connectivity index (χ4v) is 4.80. The molecule has 0 radical (unpaired) electrons. The van der Waals surface area contributed by atoms with E-state index in [0.717, 1.165) is 36.6 Å². The van der Waals surface area contributed by atoms with Gasteiger partial charge in [0.15, 0.2) is 23.2 Å². The van der Waals surface area contributed by atoms with Crippen molar-refractivity contribution in [3.8, 4) is 5.75 Å². The molecular weight excluding hydrogens is 599 g/mol. The van der Waals surface area contributed by atoms with E-state index in [9.17, 15) is 30.7 Å². The second kappa shape index (κ2) is 14.6. The molecule has 2 aromatic carbocycles. The minimum atomic E-state index is -5.08. The van der Waals surface area contributed by atoms with E-state index in [4.69, 9.17) is 24.6 Å². The van der Waals surface area contributed by atoms with Crippen LogP contribution in [0, 0.1) is 11.6 Å². The van der Waals surface area contributed by atoms with Gasteiger partial charge >= 0.3 is 12.1 Å². The molecule has 2 aliphatic heterocycles. The number of alkyl halides is 5. The largest absolute Gasteiger partial charge is 0.490 e. The van der Waals surface area contributed by atoms with Crippen molar-refractivity contribution < 1.29 is 45.4 Å². The lowest BCUT2D eigenvalue weighted by atomic mass is 10.1. The molecule has 1 aromatic heterocycles. The Hall–Kier alpha value is -4.14. The SMILES string of the molecule is Fc1ccc(OC2CCN(c3nc4c(nc3NCC(F)F)CCN(Cc3ccccc3)C4)CC2)c(F)c1.O=C(O)C(F)(F)F. The molecule has 238 valence electrons. The molecule has 0 unspecified atom stereocenters. The molecule has 3 heterocycles. The van der Waals surface area contributed by atoms with Crippen molar-refractivity contribution in [1.82, 2.24) is 14.9 Å². The predicted molar refractivity (Wildman–Crippen MR) is 147 cm³/mol. The maximum absolute atomic E-state index is 14.0. The molecule has 0 saturated carbocycles. The van der Waals surface area contributed by atoms with Gasteiger partial charge in [0.1, 0.15) is 11.9 Å². The van der Waals surface area contributed by atoms with E-state index in [0.29, 0.717) is 50.5 Å². The van der Waals surface area contributed by atoms with Crippen LogP contribution in [0.4, 0.5) is 42.4 Å². The summed E-state index contributed by atoms with van der Waals surface area (Å²) >= 11 is 0. The van der Waals surface area contributed by atoms with Gasteiger partial charge in [0.05, 0.1) is 17.9 Å². The van der Waals surface area contributed by atoms with Crippen molar-refractivity contribution in [2.75, 3.05) is 36.4 Å². The van der Waals surface area contributed by atoms with Crippen LogP contribution in [0.2, 0.25) is 0 Å². The smallest absolute Gasteiger partial charge is 0.487 e. The Morgan fingerprint density at radius 3 is 2.32 bits per heavy atom. The first kappa shape index (κ1) is 32.8. The number of carboxylic acids is 1. The Balaban J connectivity index is 0.000000566. The van der Waals surface area contributed by atoms with Crippen LogP contribution in [-0.2, 0) is 24.3 Å². The molecule has 5 rings (SSSR count). The van der Waals surface area contributed by atoms with Gasteiger partial charge < -0.3 is 20.1 Å². The molecule has 15 heteroatoms. The Morgan fingerprint density at radius 2 is 1.70 bits per heavy atom. The van der Waals surface area contributed by atoms with Gasteiger partial charge in [-0.25, -0.2) is 32.3 Å².